The number of hydrogen-bond donors (Lipinski definition) is 1. The molecule has 0 atom stereocenters. The van der Waals surface area contributed by atoms with E-state index in [0.29, 0.717) is 0 Å². The molecule has 1 aromatic carbocycles. The summed E-state index contributed by atoms with van der Waals surface area (Å²) in [5, 5.41) is 3.64. The second kappa shape index (κ2) is 7.69. The molecule has 0 bridgehead atoms. The lowest BCUT2D eigenvalue weighted by Gasteiger charge is -2.38. The molecule has 0 spiro atoms. The van der Waals surface area contributed by atoms with Gasteiger partial charge in [0.25, 0.3) is 0 Å². The van der Waals surface area contributed by atoms with Gasteiger partial charge in [0.15, 0.2) is 11.5 Å². The van der Waals surface area contributed by atoms with E-state index in [-0.39, 0.29) is 5.41 Å². The van der Waals surface area contributed by atoms with Crippen LogP contribution in [0.4, 0.5) is 0 Å². The molecule has 21 heavy (non-hydrogen) atoms. The Kier molecular flexibility index (Phi) is 5.92. The Hall–Kier alpha value is -1.22. The molecule has 0 unspecified atom stereocenters. The van der Waals surface area contributed by atoms with Gasteiger partial charge in [-0.3, -0.25) is 0 Å². The standard InChI is InChI=1S/C18H29NO2/c1-4-12-19-14-18(10-6-5-7-11-18)15-8-9-16(20-2)17(13-15)21-3/h8-9,13,19H,4-7,10-12,14H2,1-3H3. The van der Waals surface area contributed by atoms with E-state index in [1.807, 2.05) is 6.07 Å². The molecule has 1 saturated carbocycles. The van der Waals surface area contributed by atoms with Crippen molar-refractivity contribution >= 4 is 0 Å². The van der Waals surface area contributed by atoms with Crippen molar-refractivity contribution in [1.82, 2.24) is 5.32 Å². The van der Waals surface area contributed by atoms with Gasteiger partial charge in [-0.2, -0.15) is 0 Å². The highest BCUT2D eigenvalue weighted by Crippen LogP contribution is 2.41. The molecule has 3 nitrogen and oxygen atoms in total. The van der Waals surface area contributed by atoms with Crippen molar-refractivity contribution in [3.05, 3.63) is 23.8 Å². The van der Waals surface area contributed by atoms with E-state index >= 15 is 0 Å². The van der Waals surface area contributed by atoms with Gasteiger partial charge in [0.05, 0.1) is 14.2 Å². The van der Waals surface area contributed by atoms with Crippen molar-refractivity contribution < 1.29 is 9.47 Å². The predicted molar refractivity (Wildman–Crippen MR) is 87.5 cm³/mol. The fourth-order valence-electron chi connectivity index (χ4n) is 3.47. The minimum Gasteiger partial charge on any atom is -0.493 e. The van der Waals surface area contributed by atoms with E-state index in [0.717, 1.165) is 24.6 Å². The van der Waals surface area contributed by atoms with Crippen LogP contribution in [0.15, 0.2) is 18.2 Å². The van der Waals surface area contributed by atoms with E-state index in [2.05, 4.69) is 24.4 Å². The first kappa shape index (κ1) is 16.2. The van der Waals surface area contributed by atoms with Gasteiger partial charge in [-0.1, -0.05) is 32.3 Å². The Morgan fingerprint density at radius 3 is 2.38 bits per heavy atom. The highest BCUT2D eigenvalue weighted by Gasteiger charge is 2.34. The molecule has 0 radical (unpaired) electrons. The first-order valence-electron chi connectivity index (χ1n) is 8.19. The van der Waals surface area contributed by atoms with Crippen molar-refractivity contribution in [2.24, 2.45) is 0 Å². The molecule has 0 heterocycles. The largest absolute Gasteiger partial charge is 0.493 e. The highest BCUT2D eigenvalue weighted by atomic mass is 16.5. The lowest BCUT2D eigenvalue weighted by atomic mass is 9.69. The van der Waals surface area contributed by atoms with E-state index in [4.69, 9.17) is 9.47 Å². The average Bonchev–Trinajstić information content (AvgIpc) is 2.55. The molecule has 1 N–H and O–H groups in total. The minimum atomic E-state index is 0.257. The third-order valence-corrected chi connectivity index (χ3v) is 4.70. The summed E-state index contributed by atoms with van der Waals surface area (Å²) in [5.74, 6) is 1.66. The molecule has 118 valence electrons. The molecule has 0 amide bonds. The summed E-state index contributed by atoms with van der Waals surface area (Å²) in [6, 6.07) is 6.45. The van der Waals surface area contributed by atoms with Crippen LogP contribution in [0.1, 0.15) is 51.0 Å². The summed E-state index contributed by atoms with van der Waals surface area (Å²) in [6.45, 7) is 4.38. The summed E-state index contributed by atoms with van der Waals surface area (Å²) in [6.07, 6.45) is 7.72. The fourth-order valence-corrected chi connectivity index (χ4v) is 3.47. The van der Waals surface area contributed by atoms with E-state index < -0.39 is 0 Å². The Morgan fingerprint density at radius 1 is 1.05 bits per heavy atom. The maximum absolute atomic E-state index is 5.49. The second-order valence-corrected chi connectivity index (χ2v) is 6.09. The molecular formula is C18H29NO2. The van der Waals surface area contributed by atoms with Gasteiger partial charge in [-0.15, -0.1) is 0 Å². The van der Waals surface area contributed by atoms with Crippen molar-refractivity contribution in [2.45, 2.75) is 50.9 Å². The zero-order chi connectivity index (χ0) is 15.1. The van der Waals surface area contributed by atoms with Crippen LogP contribution < -0.4 is 14.8 Å². The summed E-state index contributed by atoms with van der Waals surface area (Å²) in [4.78, 5) is 0. The van der Waals surface area contributed by atoms with Gasteiger partial charge in [-0.25, -0.2) is 0 Å². The van der Waals surface area contributed by atoms with Crippen LogP contribution in [0.5, 0.6) is 11.5 Å². The lowest BCUT2D eigenvalue weighted by molar-refractivity contribution is 0.278. The molecule has 0 aromatic heterocycles. The molecule has 1 fully saturated rings. The summed E-state index contributed by atoms with van der Waals surface area (Å²) in [7, 11) is 3.40. The average molecular weight is 291 g/mol. The third kappa shape index (κ3) is 3.70. The van der Waals surface area contributed by atoms with Crippen molar-refractivity contribution in [3.8, 4) is 11.5 Å². The number of rotatable bonds is 7. The molecule has 1 aliphatic carbocycles. The SMILES string of the molecule is CCCNCC1(c2ccc(OC)c(OC)c2)CCCCC1. The van der Waals surface area contributed by atoms with E-state index in [1.54, 1.807) is 14.2 Å². The van der Waals surface area contributed by atoms with Crippen molar-refractivity contribution in [3.63, 3.8) is 0 Å². The van der Waals surface area contributed by atoms with Gasteiger partial charge in [0.2, 0.25) is 0 Å². The topological polar surface area (TPSA) is 30.5 Å². The summed E-state index contributed by atoms with van der Waals surface area (Å²) >= 11 is 0. The third-order valence-electron chi connectivity index (χ3n) is 4.70. The summed E-state index contributed by atoms with van der Waals surface area (Å²) < 4.78 is 10.9. The van der Waals surface area contributed by atoms with Gasteiger partial charge < -0.3 is 14.8 Å². The van der Waals surface area contributed by atoms with Crippen LogP contribution in [-0.2, 0) is 5.41 Å². The first-order valence-corrected chi connectivity index (χ1v) is 8.19. The van der Waals surface area contributed by atoms with Crippen LogP contribution in [-0.4, -0.2) is 27.3 Å². The van der Waals surface area contributed by atoms with Gasteiger partial charge in [0.1, 0.15) is 0 Å². The Bertz CT molecular complexity index is 439. The van der Waals surface area contributed by atoms with Crippen LogP contribution >= 0.6 is 0 Å². The van der Waals surface area contributed by atoms with Gasteiger partial charge >= 0.3 is 0 Å². The van der Waals surface area contributed by atoms with E-state index in [1.165, 1.54) is 44.1 Å². The molecule has 1 aromatic rings. The molecule has 1 aliphatic rings. The van der Waals surface area contributed by atoms with Crippen LogP contribution in [0, 0.1) is 0 Å². The second-order valence-electron chi connectivity index (χ2n) is 6.09. The highest BCUT2D eigenvalue weighted by molar-refractivity contribution is 5.45. The molecule has 2 rings (SSSR count). The molecular weight excluding hydrogens is 262 g/mol. The maximum atomic E-state index is 5.49. The maximum Gasteiger partial charge on any atom is 0.161 e. The molecule has 0 saturated heterocycles. The normalized spacial score (nSPS) is 17.5. The molecule has 3 heteroatoms. The first-order chi connectivity index (χ1) is 10.3. The molecule has 0 aliphatic heterocycles. The van der Waals surface area contributed by atoms with Gasteiger partial charge in [-0.05, 0) is 43.5 Å². The number of methoxy groups -OCH3 is 2. The predicted octanol–water partition coefficient (Wildman–Crippen LogP) is 3.91. The Labute approximate surface area is 129 Å². The zero-order valence-electron chi connectivity index (χ0n) is 13.7. The number of ether oxygens (including phenoxy) is 2. The van der Waals surface area contributed by atoms with E-state index in [9.17, 15) is 0 Å². The van der Waals surface area contributed by atoms with Crippen LogP contribution in [0.2, 0.25) is 0 Å². The number of benzene rings is 1. The smallest absolute Gasteiger partial charge is 0.161 e. The van der Waals surface area contributed by atoms with Crippen LogP contribution in [0.25, 0.3) is 0 Å². The Balaban J connectivity index is 2.27. The minimum absolute atomic E-state index is 0.257. The van der Waals surface area contributed by atoms with Crippen LogP contribution in [0.3, 0.4) is 0 Å². The van der Waals surface area contributed by atoms with Crippen molar-refractivity contribution in [2.75, 3.05) is 27.3 Å². The monoisotopic (exact) mass is 291 g/mol. The number of nitrogens with one attached hydrogen (secondary N) is 1. The van der Waals surface area contributed by atoms with Crippen molar-refractivity contribution in [1.29, 1.82) is 0 Å². The quantitative estimate of drug-likeness (QED) is 0.773. The zero-order valence-corrected chi connectivity index (χ0v) is 13.7. The Morgan fingerprint density at radius 2 is 1.76 bits per heavy atom. The lowest BCUT2D eigenvalue weighted by Crippen LogP contribution is -2.40. The summed E-state index contributed by atoms with van der Waals surface area (Å²) in [5.41, 5.74) is 1.65. The van der Waals surface area contributed by atoms with Gasteiger partial charge in [0, 0.05) is 12.0 Å². The number of hydrogen-bond acceptors (Lipinski definition) is 3. The fraction of sp³-hybridized carbons (Fsp3) is 0.667.